The molecule has 2 N–H and O–H groups in total. The van der Waals surface area contributed by atoms with Crippen LogP contribution in [0.2, 0.25) is 0 Å². The second-order valence-electron chi connectivity index (χ2n) is 11.5. The van der Waals surface area contributed by atoms with Crippen molar-refractivity contribution in [2.75, 3.05) is 24.7 Å². The fraction of sp³-hybridized carbons (Fsp3) is 0.517. The van der Waals surface area contributed by atoms with Crippen molar-refractivity contribution in [1.82, 2.24) is 15.2 Å². The normalized spacial score (nSPS) is 22.9. The van der Waals surface area contributed by atoms with Crippen LogP contribution < -0.4 is 10.2 Å². The molecule has 1 aromatic heterocycles. The largest absolute Gasteiger partial charge is 0.388 e. The molecule has 9 heteroatoms. The first-order valence-electron chi connectivity index (χ1n) is 13.1. The number of nitrogens with zero attached hydrogens (tertiary/aromatic N) is 4. The molecule has 3 atom stereocenters. The lowest BCUT2D eigenvalue weighted by Gasteiger charge is -2.35. The van der Waals surface area contributed by atoms with Crippen LogP contribution in [-0.2, 0) is 19.7 Å². The van der Waals surface area contributed by atoms with Crippen LogP contribution in [0.25, 0.3) is 0 Å². The number of β-amino-alcohol motifs (C(OH)–C–C–N with tert-alkyl or cyclic N) is 1. The van der Waals surface area contributed by atoms with E-state index in [4.69, 9.17) is 4.74 Å². The maximum Gasteiger partial charge on any atom is 0.251 e. The molecule has 0 spiro atoms. The van der Waals surface area contributed by atoms with Crippen molar-refractivity contribution in [3.05, 3.63) is 59.9 Å². The summed E-state index contributed by atoms with van der Waals surface area (Å²) in [7, 11) is 0. The lowest BCUT2D eigenvalue weighted by Crippen LogP contribution is -2.52. The molecule has 3 heterocycles. The van der Waals surface area contributed by atoms with Crippen molar-refractivity contribution >= 4 is 17.5 Å². The van der Waals surface area contributed by atoms with Gasteiger partial charge < -0.3 is 15.2 Å². The van der Waals surface area contributed by atoms with Gasteiger partial charge >= 0.3 is 0 Å². The highest BCUT2D eigenvalue weighted by Crippen LogP contribution is 2.35. The van der Waals surface area contributed by atoms with E-state index in [0.717, 1.165) is 5.56 Å². The topological polar surface area (TPSA) is 119 Å². The van der Waals surface area contributed by atoms with Crippen LogP contribution >= 0.6 is 0 Å². The number of benzene rings is 1. The maximum absolute atomic E-state index is 14.3. The van der Waals surface area contributed by atoms with Gasteiger partial charge in [0, 0.05) is 49.3 Å². The summed E-state index contributed by atoms with van der Waals surface area (Å²) in [4.78, 5) is 35.2. The first-order chi connectivity index (χ1) is 18.0. The number of pyridine rings is 1. The third-order valence-electron chi connectivity index (χ3n) is 7.26. The van der Waals surface area contributed by atoms with E-state index in [1.807, 2.05) is 24.3 Å². The molecular formula is C29H37N5O4. The standard InChI is InChI=1S/C29H37N5O4/c1-28(2,3)21-7-9-23(10-8-21)34(27(36)24-16-29(4,37)18-33(24)19-30)25(20-6-5-13-31-17-20)26(35)32-22-11-14-38-15-12-22/h5-10,13,17,22,24-25,37H,11-12,14-16,18H2,1-4H3,(H,32,35)/t24-,25?,29-/m1/s1. The highest BCUT2D eigenvalue weighted by atomic mass is 16.5. The Hall–Kier alpha value is -3.48. The Kier molecular flexibility index (Phi) is 8.05. The van der Waals surface area contributed by atoms with E-state index in [9.17, 15) is 20.0 Å². The van der Waals surface area contributed by atoms with Crippen molar-refractivity contribution in [2.24, 2.45) is 0 Å². The molecule has 0 bridgehead atoms. The predicted octanol–water partition coefficient (Wildman–Crippen LogP) is 3.05. The minimum Gasteiger partial charge on any atom is -0.388 e. The molecule has 4 rings (SSSR count). The van der Waals surface area contributed by atoms with E-state index in [-0.39, 0.29) is 30.3 Å². The van der Waals surface area contributed by atoms with Crippen molar-refractivity contribution in [3.8, 4) is 6.19 Å². The zero-order valence-corrected chi connectivity index (χ0v) is 22.6. The summed E-state index contributed by atoms with van der Waals surface area (Å²) in [6.45, 7) is 9.11. The smallest absolute Gasteiger partial charge is 0.251 e. The van der Waals surface area contributed by atoms with Crippen molar-refractivity contribution in [3.63, 3.8) is 0 Å². The number of hydrogen-bond acceptors (Lipinski definition) is 7. The minimum absolute atomic E-state index is 0.0442. The lowest BCUT2D eigenvalue weighted by molar-refractivity contribution is -0.129. The Bertz CT molecular complexity index is 1160. The van der Waals surface area contributed by atoms with Gasteiger partial charge in [-0.05, 0) is 48.9 Å². The molecule has 1 unspecified atom stereocenters. The third kappa shape index (κ3) is 6.14. The van der Waals surface area contributed by atoms with Crippen molar-refractivity contribution < 1.29 is 19.4 Å². The van der Waals surface area contributed by atoms with Gasteiger partial charge in [-0.2, -0.15) is 5.26 Å². The number of hydrogen-bond donors (Lipinski definition) is 2. The summed E-state index contributed by atoms with van der Waals surface area (Å²) in [5.41, 5.74) is 0.868. The Morgan fingerprint density at radius 2 is 1.92 bits per heavy atom. The molecule has 2 fully saturated rings. The van der Waals surface area contributed by atoms with Crippen LogP contribution in [-0.4, -0.2) is 64.2 Å². The van der Waals surface area contributed by atoms with Gasteiger partial charge in [-0.1, -0.05) is 39.0 Å². The summed E-state index contributed by atoms with van der Waals surface area (Å²) < 4.78 is 5.45. The number of carbonyl (C=O) groups excluding carboxylic acids is 2. The SMILES string of the molecule is CC(C)(C)c1ccc(N(C(=O)[C@H]2C[C@@](C)(O)CN2C#N)C(C(=O)NC2CCOCC2)c2cccnc2)cc1. The summed E-state index contributed by atoms with van der Waals surface area (Å²) in [6, 6.07) is 9.10. The highest BCUT2D eigenvalue weighted by molar-refractivity contribution is 6.04. The van der Waals surface area contributed by atoms with Crippen LogP contribution in [0.1, 0.15) is 64.1 Å². The lowest BCUT2D eigenvalue weighted by atomic mass is 9.87. The number of nitrogens with one attached hydrogen (secondary N) is 1. The van der Waals surface area contributed by atoms with Gasteiger partial charge in [-0.15, -0.1) is 0 Å². The fourth-order valence-electron chi connectivity index (χ4n) is 5.16. The summed E-state index contributed by atoms with van der Waals surface area (Å²) in [5.74, 6) is -0.754. The molecule has 2 saturated heterocycles. The second kappa shape index (κ2) is 11.1. The van der Waals surface area contributed by atoms with E-state index in [1.165, 1.54) is 9.80 Å². The van der Waals surface area contributed by atoms with E-state index in [2.05, 4.69) is 37.3 Å². The van der Waals surface area contributed by atoms with Crippen molar-refractivity contribution in [1.29, 1.82) is 5.26 Å². The summed E-state index contributed by atoms with van der Waals surface area (Å²) in [5, 5.41) is 23.6. The number of ether oxygens (including phenoxy) is 1. The molecule has 2 aliphatic rings. The Balaban J connectivity index is 1.80. The fourth-order valence-corrected chi connectivity index (χ4v) is 5.16. The van der Waals surface area contributed by atoms with Gasteiger partial charge in [0.15, 0.2) is 6.19 Å². The maximum atomic E-state index is 14.3. The molecule has 1 aromatic carbocycles. The molecule has 202 valence electrons. The highest BCUT2D eigenvalue weighted by Gasteiger charge is 2.47. The Labute approximate surface area is 224 Å². The number of rotatable bonds is 6. The average Bonchev–Trinajstić information content (AvgIpc) is 3.22. The van der Waals surface area contributed by atoms with Crippen LogP contribution in [0.3, 0.4) is 0 Å². The molecule has 38 heavy (non-hydrogen) atoms. The Morgan fingerprint density at radius 1 is 1.24 bits per heavy atom. The molecule has 0 saturated carbocycles. The zero-order chi connectivity index (χ0) is 27.5. The molecule has 2 aromatic rings. The number of likely N-dealkylation sites (tertiary alicyclic amines) is 1. The van der Waals surface area contributed by atoms with Crippen LogP contribution in [0.4, 0.5) is 5.69 Å². The molecule has 2 aliphatic heterocycles. The van der Waals surface area contributed by atoms with Gasteiger partial charge in [-0.3, -0.25) is 24.4 Å². The average molecular weight is 520 g/mol. The van der Waals surface area contributed by atoms with Gasteiger partial charge in [-0.25, -0.2) is 0 Å². The van der Waals surface area contributed by atoms with Gasteiger partial charge in [0.25, 0.3) is 5.91 Å². The first kappa shape index (κ1) is 27.6. The molecule has 0 aliphatic carbocycles. The summed E-state index contributed by atoms with van der Waals surface area (Å²) in [6.07, 6.45) is 6.72. The minimum atomic E-state index is -1.20. The van der Waals surface area contributed by atoms with E-state index in [1.54, 1.807) is 31.5 Å². The van der Waals surface area contributed by atoms with E-state index < -0.39 is 23.6 Å². The number of carbonyl (C=O) groups is 2. The van der Waals surface area contributed by atoms with E-state index in [0.29, 0.717) is 37.3 Å². The monoisotopic (exact) mass is 519 g/mol. The van der Waals surface area contributed by atoms with Crippen LogP contribution in [0.15, 0.2) is 48.8 Å². The zero-order valence-electron chi connectivity index (χ0n) is 22.6. The number of amides is 2. The third-order valence-corrected chi connectivity index (χ3v) is 7.26. The van der Waals surface area contributed by atoms with Crippen LogP contribution in [0.5, 0.6) is 0 Å². The second-order valence-corrected chi connectivity index (χ2v) is 11.5. The number of aliphatic hydroxyl groups is 1. The molecule has 0 radical (unpaired) electrons. The molecular weight excluding hydrogens is 482 g/mol. The Morgan fingerprint density at radius 3 is 2.50 bits per heavy atom. The van der Waals surface area contributed by atoms with Crippen molar-refractivity contribution in [2.45, 2.75) is 76.1 Å². The molecule has 2 amide bonds. The summed E-state index contributed by atoms with van der Waals surface area (Å²) >= 11 is 0. The molecule has 9 nitrogen and oxygen atoms in total. The quantitative estimate of drug-likeness (QED) is 0.563. The predicted molar refractivity (Wildman–Crippen MR) is 143 cm³/mol. The van der Waals surface area contributed by atoms with Gasteiger partial charge in [0.2, 0.25) is 5.91 Å². The number of anilines is 1. The van der Waals surface area contributed by atoms with E-state index >= 15 is 0 Å². The van der Waals surface area contributed by atoms with Crippen LogP contribution in [0, 0.1) is 11.5 Å². The first-order valence-corrected chi connectivity index (χ1v) is 13.1. The van der Waals surface area contributed by atoms with Gasteiger partial charge in [0.1, 0.15) is 12.1 Å². The van der Waals surface area contributed by atoms with Gasteiger partial charge in [0.05, 0.1) is 12.1 Å². The number of nitriles is 1. The number of aromatic nitrogens is 1.